The van der Waals surface area contributed by atoms with E-state index in [2.05, 4.69) is 19.1 Å². The molecule has 3 rings (SSSR count). The molecule has 0 saturated heterocycles. The number of rotatable bonds is 6. The van der Waals surface area contributed by atoms with Gasteiger partial charge in [-0.3, -0.25) is 0 Å². The lowest BCUT2D eigenvalue weighted by Crippen LogP contribution is -2.17. The van der Waals surface area contributed by atoms with E-state index in [1.807, 2.05) is 63.2 Å². The van der Waals surface area contributed by atoms with E-state index in [0.29, 0.717) is 12.2 Å². The molecule has 0 aliphatic heterocycles. The molecule has 0 fully saturated rings. The SMILES string of the molecule is Cc1cc(C(O)C(C)(C)C)ccc1-c1cccc(OCc2ccc(C(O)O)cc2)c1. The van der Waals surface area contributed by atoms with Crippen LogP contribution in [0.25, 0.3) is 11.1 Å². The van der Waals surface area contributed by atoms with E-state index in [9.17, 15) is 15.3 Å². The fourth-order valence-electron chi connectivity index (χ4n) is 3.39. The molecule has 30 heavy (non-hydrogen) atoms. The Kier molecular flexibility index (Phi) is 6.61. The number of aryl methyl sites for hydroxylation is 1. The quantitative estimate of drug-likeness (QED) is 0.486. The highest BCUT2D eigenvalue weighted by Crippen LogP contribution is 2.35. The standard InChI is InChI=1S/C26H30O4/c1-17-14-21(24(27)26(2,3)4)12-13-23(17)20-6-5-7-22(15-20)30-16-18-8-10-19(11-9-18)25(28)29/h5-15,24-25,27-29H,16H2,1-4H3. The lowest BCUT2D eigenvalue weighted by atomic mass is 9.83. The molecule has 3 aromatic carbocycles. The Labute approximate surface area is 178 Å². The fourth-order valence-corrected chi connectivity index (χ4v) is 3.39. The summed E-state index contributed by atoms with van der Waals surface area (Å²) in [6.07, 6.45) is -1.98. The van der Waals surface area contributed by atoms with Crippen molar-refractivity contribution >= 4 is 0 Å². The molecule has 0 amide bonds. The first-order valence-corrected chi connectivity index (χ1v) is 10.1. The van der Waals surface area contributed by atoms with E-state index >= 15 is 0 Å². The highest BCUT2D eigenvalue weighted by atomic mass is 16.5. The smallest absolute Gasteiger partial charge is 0.178 e. The molecular weight excluding hydrogens is 376 g/mol. The van der Waals surface area contributed by atoms with Crippen molar-refractivity contribution in [2.75, 3.05) is 0 Å². The molecule has 1 atom stereocenters. The molecule has 0 spiro atoms. The van der Waals surface area contributed by atoms with Crippen molar-refractivity contribution in [3.63, 3.8) is 0 Å². The Bertz CT molecular complexity index is 985. The van der Waals surface area contributed by atoms with Crippen LogP contribution in [0.1, 0.15) is 55.4 Å². The Hall–Kier alpha value is -2.66. The monoisotopic (exact) mass is 406 g/mol. The minimum Gasteiger partial charge on any atom is -0.489 e. The minimum atomic E-state index is -1.46. The molecule has 0 radical (unpaired) electrons. The maximum absolute atomic E-state index is 10.6. The van der Waals surface area contributed by atoms with E-state index in [1.54, 1.807) is 12.1 Å². The van der Waals surface area contributed by atoms with Gasteiger partial charge in [-0.05, 0) is 52.3 Å². The summed E-state index contributed by atoms with van der Waals surface area (Å²) in [4.78, 5) is 0. The van der Waals surface area contributed by atoms with E-state index in [4.69, 9.17) is 4.74 Å². The van der Waals surface area contributed by atoms with Crippen molar-refractivity contribution in [3.05, 3.63) is 89.0 Å². The van der Waals surface area contributed by atoms with E-state index in [0.717, 1.165) is 33.6 Å². The van der Waals surface area contributed by atoms with Crippen LogP contribution >= 0.6 is 0 Å². The lowest BCUT2D eigenvalue weighted by molar-refractivity contribution is -0.0425. The van der Waals surface area contributed by atoms with Crippen LogP contribution in [0, 0.1) is 12.3 Å². The summed E-state index contributed by atoms with van der Waals surface area (Å²) in [7, 11) is 0. The third kappa shape index (κ3) is 5.28. The summed E-state index contributed by atoms with van der Waals surface area (Å²) in [5, 5.41) is 28.9. The summed E-state index contributed by atoms with van der Waals surface area (Å²) >= 11 is 0. The highest BCUT2D eigenvalue weighted by molar-refractivity contribution is 5.69. The number of ether oxygens (including phenoxy) is 1. The van der Waals surface area contributed by atoms with Crippen LogP contribution in [0.4, 0.5) is 0 Å². The van der Waals surface area contributed by atoms with Gasteiger partial charge in [0.05, 0.1) is 6.10 Å². The van der Waals surface area contributed by atoms with Crippen molar-refractivity contribution in [1.29, 1.82) is 0 Å². The Morgan fingerprint density at radius 1 is 0.833 bits per heavy atom. The molecule has 0 aliphatic rings. The van der Waals surface area contributed by atoms with Crippen molar-refractivity contribution in [2.24, 2.45) is 5.41 Å². The maximum atomic E-state index is 10.6. The molecule has 3 N–H and O–H groups in total. The number of aliphatic hydroxyl groups excluding tert-OH is 2. The fraction of sp³-hybridized carbons (Fsp3) is 0.308. The summed E-state index contributed by atoms with van der Waals surface area (Å²) in [6.45, 7) is 8.53. The van der Waals surface area contributed by atoms with Crippen molar-refractivity contribution in [1.82, 2.24) is 0 Å². The highest BCUT2D eigenvalue weighted by Gasteiger charge is 2.24. The van der Waals surface area contributed by atoms with Crippen LogP contribution in [-0.4, -0.2) is 15.3 Å². The first-order valence-electron chi connectivity index (χ1n) is 10.1. The first-order chi connectivity index (χ1) is 14.1. The zero-order chi connectivity index (χ0) is 21.9. The van der Waals surface area contributed by atoms with E-state index in [-0.39, 0.29) is 5.41 Å². The largest absolute Gasteiger partial charge is 0.489 e. The van der Waals surface area contributed by atoms with Crippen LogP contribution in [0.5, 0.6) is 5.75 Å². The number of benzene rings is 3. The second kappa shape index (κ2) is 9.00. The maximum Gasteiger partial charge on any atom is 0.178 e. The predicted octanol–water partition coefficient (Wildman–Crippen LogP) is 5.30. The van der Waals surface area contributed by atoms with Crippen molar-refractivity contribution in [3.8, 4) is 16.9 Å². The molecule has 0 aliphatic carbocycles. The van der Waals surface area contributed by atoms with E-state index < -0.39 is 12.4 Å². The topological polar surface area (TPSA) is 69.9 Å². The van der Waals surface area contributed by atoms with Crippen LogP contribution in [0.2, 0.25) is 0 Å². The van der Waals surface area contributed by atoms with Gasteiger partial charge >= 0.3 is 0 Å². The van der Waals surface area contributed by atoms with Crippen LogP contribution in [0.3, 0.4) is 0 Å². The summed E-state index contributed by atoms with van der Waals surface area (Å²) in [6, 6.07) is 21.0. The van der Waals surface area contributed by atoms with Crippen molar-refractivity contribution in [2.45, 2.75) is 46.7 Å². The van der Waals surface area contributed by atoms with Gasteiger partial charge in [0.1, 0.15) is 12.4 Å². The summed E-state index contributed by atoms with van der Waals surface area (Å²) in [5.74, 6) is 0.761. The summed E-state index contributed by atoms with van der Waals surface area (Å²) in [5.41, 5.74) is 5.37. The molecular formula is C26H30O4. The van der Waals surface area contributed by atoms with Gasteiger partial charge in [-0.1, -0.05) is 75.4 Å². The van der Waals surface area contributed by atoms with Gasteiger partial charge in [-0.25, -0.2) is 0 Å². The zero-order valence-electron chi connectivity index (χ0n) is 18.0. The lowest BCUT2D eigenvalue weighted by Gasteiger charge is -2.26. The molecule has 4 nitrogen and oxygen atoms in total. The Morgan fingerprint density at radius 3 is 2.10 bits per heavy atom. The van der Waals surface area contributed by atoms with Crippen LogP contribution in [-0.2, 0) is 6.61 Å². The number of hydrogen-bond donors (Lipinski definition) is 3. The molecule has 158 valence electrons. The Morgan fingerprint density at radius 2 is 1.50 bits per heavy atom. The molecule has 3 aromatic rings. The van der Waals surface area contributed by atoms with Gasteiger partial charge in [-0.15, -0.1) is 0 Å². The third-order valence-corrected chi connectivity index (χ3v) is 5.21. The Balaban J connectivity index is 1.75. The molecule has 0 heterocycles. The van der Waals surface area contributed by atoms with Crippen molar-refractivity contribution < 1.29 is 20.1 Å². The third-order valence-electron chi connectivity index (χ3n) is 5.21. The molecule has 0 aromatic heterocycles. The van der Waals surface area contributed by atoms with Gasteiger partial charge < -0.3 is 20.1 Å². The van der Waals surface area contributed by atoms with E-state index in [1.165, 1.54) is 0 Å². The molecule has 0 saturated carbocycles. The van der Waals surface area contributed by atoms with Crippen LogP contribution in [0.15, 0.2) is 66.7 Å². The van der Waals surface area contributed by atoms with Gasteiger partial charge in [0.25, 0.3) is 0 Å². The van der Waals surface area contributed by atoms with Gasteiger partial charge in [-0.2, -0.15) is 0 Å². The van der Waals surface area contributed by atoms with Gasteiger partial charge in [0, 0.05) is 5.56 Å². The van der Waals surface area contributed by atoms with Gasteiger partial charge in [0.2, 0.25) is 0 Å². The minimum absolute atomic E-state index is 0.213. The second-order valence-electron chi connectivity index (χ2n) is 8.77. The second-order valence-corrected chi connectivity index (χ2v) is 8.77. The number of hydrogen-bond acceptors (Lipinski definition) is 4. The normalized spacial score (nSPS) is 12.8. The zero-order valence-corrected chi connectivity index (χ0v) is 18.0. The molecule has 1 unspecified atom stereocenters. The average molecular weight is 407 g/mol. The average Bonchev–Trinajstić information content (AvgIpc) is 2.71. The van der Waals surface area contributed by atoms with Gasteiger partial charge in [0.15, 0.2) is 6.29 Å². The van der Waals surface area contributed by atoms with Crippen LogP contribution < -0.4 is 4.74 Å². The summed E-state index contributed by atoms with van der Waals surface area (Å²) < 4.78 is 5.94. The predicted molar refractivity (Wildman–Crippen MR) is 119 cm³/mol. The number of aliphatic hydroxyl groups is 3. The molecule has 4 heteroatoms. The molecule has 0 bridgehead atoms. The first kappa shape index (κ1) is 22.0.